The van der Waals surface area contributed by atoms with Crippen LogP contribution in [0.1, 0.15) is 20.3 Å². The molecule has 0 aromatic heterocycles. The predicted molar refractivity (Wildman–Crippen MR) is 61.9 cm³/mol. The summed E-state index contributed by atoms with van der Waals surface area (Å²) in [6.07, 6.45) is 4.51. The zero-order valence-electron chi connectivity index (χ0n) is 9.53. The fourth-order valence-electron chi connectivity index (χ4n) is 1.96. The van der Waals surface area contributed by atoms with Crippen LogP contribution in [0, 0.1) is 0 Å². The number of aliphatic hydroxyl groups is 1. The van der Waals surface area contributed by atoms with Crippen LogP contribution in [0.25, 0.3) is 0 Å². The van der Waals surface area contributed by atoms with Gasteiger partial charge in [-0.25, -0.2) is 0 Å². The highest BCUT2D eigenvalue weighted by molar-refractivity contribution is 5.31. The summed E-state index contributed by atoms with van der Waals surface area (Å²) in [6.45, 7) is 5.56. The van der Waals surface area contributed by atoms with Crippen LogP contribution in [-0.2, 0) is 0 Å². The maximum atomic E-state index is 8.97. The normalized spacial score (nSPS) is 26.5. The number of aliphatic hydroxyl groups excluding tert-OH is 1. The summed E-state index contributed by atoms with van der Waals surface area (Å²) in [7, 11) is 0. The number of rotatable bonds is 4. The van der Waals surface area contributed by atoms with Gasteiger partial charge in [0, 0.05) is 18.7 Å². The van der Waals surface area contributed by atoms with Crippen molar-refractivity contribution in [3.05, 3.63) is 23.4 Å². The molecule has 4 nitrogen and oxygen atoms in total. The van der Waals surface area contributed by atoms with E-state index in [0.29, 0.717) is 6.54 Å². The SMILES string of the molecule is CCN(CCO)C1(N)C=CC(N)=C(C)C1. The minimum Gasteiger partial charge on any atom is -0.399 e. The van der Waals surface area contributed by atoms with E-state index in [1.54, 1.807) is 0 Å². The lowest BCUT2D eigenvalue weighted by molar-refractivity contribution is 0.109. The number of likely N-dealkylation sites (N-methyl/N-ethyl adjacent to an activating group) is 1. The van der Waals surface area contributed by atoms with Crippen LogP contribution in [0.4, 0.5) is 0 Å². The first-order valence-corrected chi connectivity index (χ1v) is 5.32. The maximum absolute atomic E-state index is 8.97. The van der Waals surface area contributed by atoms with Crippen molar-refractivity contribution in [3.63, 3.8) is 0 Å². The summed E-state index contributed by atoms with van der Waals surface area (Å²) in [5.41, 5.74) is 13.5. The molecule has 0 aliphatic heterocycles. The summed E-state index contributed by atoms with van der Waals surface area (Å²) in [5.74, 6) is 0. The molecule has 1 atom stereocenters. The molecule has 0 saturated heterocycles. The summed E-state index contributed by atoms with van der Waals surface area (Å²) in [4.78, 5) is 2.06. The van der Waals surface area contributed by atoms with Gasteiger partial charge >= 0.3 is 0 Å². The number of nitrogens with two attached hydrogens (primary N) is 2. The van der Waals surface area contributed by atoms with Gasteiger partial charge in [0.1, 0.15) is 0 Å². The second kappa shape index (κ2) is 4.79. The summed E-state index contributed by atoms with van der Waals surface area (Å²) >= 11 is 0. The average Bonchev–Trinajstić information content (AvgIpc) is 2.20. The van der Waals surface area contributed by atoms with E-state index in [-0.39, 0.29) is 6.61 Å². The Balaban J connectivity index is 2.81. The monoisotopic (exact) mass is 211 g/mol. The Morgan fingerprint density at radius 3 is 2.73 bits per heavy atom. The van der Waals surface area contributed by atoms with E-state index in [1.165, 1.54) is 0 Å². The highest BCUT2D eigenvalue weighted by Gasteiger charge is 2.31. The predicted octanol–water partition coefficient (Wildman–Crippen LogP) is 0.148. The van der Waals surface area contributed by atoms with Crippen molar-refractivity contribution in [2.45, 2.75) is 25.9 Å². The van der Waals surface area contributed by atoms with Gasteiger partial charge < -0.3 is 16.6 Å². The van der Waals surface area contributed by atoms with Gasteiger partial charge in [0.2, 0.25) is 0 Å². The second-order valence-electron chi connectivity index (χ2n) is 4.04. The molecule has 1 aliphatic carbocycles. The molecule has 0 bridgehead atoms. The first kappa shape index (κ1) is 12.2. The number of allylic oxidation sites excluding steroid dienone is 1. The Morgan fingerprint density at radius 1 is 1.60 bits per heavy atom. The summed E-state index contributed by atoms with van der Waals surface area (Å²) < 4.78 is 0. The van der Waals surface area contributed by atoms with Gasteiger partial charge in [-0.3, -0.25) is 4.90 Å². The average molecular weight is 211 g/mol. The lowest BCUT2D eigenvalue weighted by Gasteiger charge is -2.40. The van der Waals surface area contributed by atoms with E-state index in [4.69, 9.17) is 16.6 Å². The molecule has 0 amide bonds. The van der Waals surface area contributed by atoms with Gasteiger partial charge in [-0.15, -0.1) is 0 Å². The van der Waals surface area contributed by atoms with Crippen LogP contribution < -0.4 is 11.5 Å². The molecule has 0 saturated carbocycles. The molecule has 86 valence electrons. The zero-order chi connectivity index (χ0) is 11.5. The molecular formula is C11H21N3O. The Kier molecular flexibility index (Phi) is 3.90. The molecule has 0 fully saturated rings. The molecule has 0 aromatic carbocycles. The third-order valence-corrected chi connectivity index (χ3v) is 2.93. The Morgan fingerprint density at radius 2 is 2.27 bits per heavy atom. The van der Waals surface area contributed by atoms with Crippen LogP contribution >= 0.6 is 0 Å². The van der Waals surface area contributed by atoms with Gasteiger partial charge in [0.05, 0.1) is 12.3 Å². The third-order valence-electron chi connectivity index (χ3n) is 2.93. The number of hydrogen-bond donors (Lipinski definition) is 3. The first-order chi connectivity index (χ1) is 7.03. The maximum Gasteiger partial charge on any atom is 0.0922 e. The molecule has 0 aromatic rings. The van der Waals surface area contributed by atoms with Crippen molar-refractivity contribution >= 4 is 0 Å². The third kappa shape index (κ3) is 2.59. The second-order valence-corrected chi connectivity index (χ2v) is 4.04. The topological polar surface area (TPSA) is 75.5 Å². The highest BCUT2D eigenvalue weighted by Crippen LogP contribution is 2.25. The minimum atomic E-state index is -0.496. The summed E-state index contributed by atoms with van der Waals surface area (Å²) in [5, 5.41) is 8.97. The molecule has 1 rings (SSSR count). The molecule has 1 aliphatic rings. The zero-order valence-corrected chi connectivity index (χ0v) is 9.53. The van der Waals surface area contributed by atoms with E-state index in [9.17, 15) is 0 Å². The molecular weight excluding hydrogens is 190 g/mol. The minimum absolute atomic E-state index is 0.124. The van der Waals surface area contributed by atoms with E-state index in [0.717, 1.165) is 24.2 Å². The summed E-state index contributed by atoms with van der Waals surface area (Å²) in [6, 6.07) is 0. The molecule has 15 heavy (non-hydrogen) atoms. The lowest BCUT2D eigenvalue weighted by Crippen LogP contribution is -2.56. The Bertz CT molecular complexity index is 286. The standard InChI is InChI=1S/C11H21N3O/c1-3-14(6-7-15)11(13)5-4-10(12)9(2)8-11/h4-5,15H,3,6-8,12-13H2,1-2H3. The lowest BCUT2D eigenvalue weighted by atomic mass is 9.92. The van der Waals surface area contributed by atoms with Crippen LogP contribution in [0.15, 0.2) is 23.4 Å². The molecule has 0 radical (unpaired) electrons. The quantitative estimate of drug-likeness (QED) is 0.579. The molecule has 0 spiro atoms. The fourth-order valence-corrected chi connectivity index (χ4v) is 1.96. The van der Waals surface area contributed by atoms with E-state index in [2.05, 4.69) is 4.90 Å². The van der Waals surface area contributed by atoms with Crippen molar-refractivity contribution in [2.75, 3.05) is 19.7 Å². The van der Waals surface area contributed by atoms with Gasteiger partial charge in [-0.2, -0.15) is 0 Å². The molecule has 0 heterocycles. The van der Waals surface area contributed by atoms with Gasteiger partial charge in [-0.1, -0.05) is 6.92 Å². The van der Waals surface area contributed by atoms with Crippen molar-refractivity contribution in [1.82, 2.24) is 4.90 Å². The van der Waals surface area contributed by atoms with Crippen LogP contribution in [-0.4, -0.2) is 35.4 Å². The van der Waals surface area contributed by atoms with E-state index < -0.39 is 5.66 Å². The van der Waals surface area contributed by atoms with E-state index in [1.807, 2.05) is 26.0 Å². The van der Waals surface area contributed by atoms with Crippen molar-refractivity contribution < 1.29 is 5.11 Å². The van der Waals surface area contributed by atoms with Crippen LogP contribution in [0.5, 0.6) is 0 Å². The van der Waals surface area contributed by atoms with Gasteiger partial charge in [0.15, 0.2) is 0 Å². The van der Waals surface area contributed by atoms with Crippen molar-refractivity contribution in [2.24, 2.45) is 11.5 Å². The molecule has 4 heteroatoms. The fraction of sp³-hybridized carbons (Fsp3) is 0.636. The highest BCUT2D eigenvalue weighted by atomic mass is 16.3. The van der Waals surface area contributed by atoms with Gasteiger partial charge in [0.25, 0.3) is 0 Å². The first-order valence-electron chi connectivity index (χ1n) is 5.32. The van der Waals surface area contributed by atoms with Crippen molar-refractivity contribution in [3.8, 4) is 0 Å². The van der Waals surface area contributed by atoms with E-state index >= 15 is 0 Å². The molecule has 5 N–H and O–H groups in total. The Labute approximate surface area is 91.2 Å². The number of nitrogens with zero attached hydrogens (tertiary/aromatic N) is 1. The van der Waals surface area contributed by atoms with Crippen molar-refractivity contribution in [1.29, 1.82) is 0 Å². The molecule has 1 unspecified atom stereocenters. The van der Waals surface area contributed by atoms with Crippen LogP contribution in [0.3, 0.4) is 0 Å². The smallest absolute Gasteiger partial charge is 0.0922 e. The Hall–Kier alpha value is -0.840. The number of hydrogen-bond acceptors (Lipinski definition) is 4. The van der Waals surface area contributed by atoms with Gasteiger partial charge in [-0.05, 0) is 31.2 Å². The van der Waals surface area contributed by atoms with Crippen LogP contribution in [0.2, 0.25) is 0 Å². The largest absolute Gasteiger partial charge is 0.399 e.